The van der Waals surface area contributed by atoms with Crippen molar-refractivity contribution in [2.75, 3.05) is 18.5 Å². The predicted molar refractivity (Wildman–Crippen MR) is 135 cm³/mol. The van der Waals surface area contributed by atoms with E-state index in [0.717, 1.165) is 19.2 Å². The fourth-order valence-electron chi connectivity index (χ4n) is 4.59. The minimum Gasteiger partial charge on any atom is -0.474 e. The van der Waals surface area contributed by atoms with Crippen molar-refractivity contribution in [2.24, 2.45) is 15.7 Å². The molecule has 2 bridgehead atoms. The van der Waals surface area contributed by atoms with Crippen LogP contribution in [0.25, 0.3) is 0 Å². The molecular formula is C25H30FN7O4. The van der Waals surface area contributed by atoms with Gasteiger partial charge in [0, 0.05) is 18.9 Å². The third-order valence-corrected chi connectivity index (χ3v) is 6.86. The summed E-state index contributed by atoms with van der Waals surface area (Å²) in [6, 6.07) is 4.23. The molecule has 37 heavy (non-hydrogen) atoms. The number of benzene rings is 1. The van der Waals surface area contributed by atoms with Gasteiger partial charge in [0.15, 0.2) is 0 Å². The van der Waals surface area contributed by atoms with Crippen LogP contribution < -0.4 is 15.8 Å². The number of fused-ring (bicyclic) bond motifs is 2. The summed E-state index contributed by atoms with van der Waals surface area (Å²) < 4.78 is 32.4. The molecule has 12 heteroatoms. The highest BCUT2D eigenvalue weighted by atomic mass is 19.1. The first-order valence-corrected chi connectivity index (χ1v) is 12.2. The van der Waals surface area contributed by atoms with Gasteiger partial charge in [-0.25, -0.2) is 29.1 Å². The zero-order chi connectivity index (χ0) is 26.0. The summed E-state index contributed by atoms with van der Waals surface area (Å²) in [5.41, 5.74) is 6.11. The van der Waals surface area contributed by atoms with Gasteiger partial charge in [0.1, 0.15) is 36.0 Å². The maximum absolute atomic E-state index is 14.7. The molecule has 2 aliphatic heterocycles. The summed E-state index contributed by atoms with van der Waals surface area (Å²) in [5.74, 6) is 0.332. The van der Waals surface area contributed by atoms with Gasteiger partial charge in [0.2, 0.25) is 5.88 Å². The number of morpholine rings is 1. The van der Waals surface area contributed by atoms with Crippen molar-refractivity contribution in [1.82, 2.24) is 14.9 Å². The molecule has 2 saturated heterocycles. The molecule has 3 heterocycles. The van der Waals surface area contributed by atoms with Crippen molar-refractivity contribution in [3.63, 3.8) is 0 Å². The molecule has 3 fully saturated rings. The van der Waals surface area contributed by atoms with E-state index < -0.39 is 5.82 Å². The maximum atomic E-state index is 14.7. The molecular weight excluding hydrogens is 481 g/mol. The maximum Gasteiger partial charge on any atom is 0.410 e. The third-order valence-electron chi connectivity index (χ3n) is 6.86. The summed E-state index contributed by atoms with van der Waals surface area (Å²) in [4.78, 5) is 30.9. The zero-order valence-corrected chi connectivity index (χ0v) is 20.8. The summed E-state index contributed by atoms with van der Waals surface area (Å²) >= 11 is 0. The van der Waals surface area contributed by atoms with Crippen LogP contribution in [0.4, 0.5) is 26.4 Å². The second-order valence-corrected chi connectivity index (χ2v) is 9.77. The number of nitrogens with one attached hydrogen (secondary N) is 1. The number of anilines is 2. The third kappa shape index (κ3) is 5.63. The number of rotatable bonds is 7. The van der Waals surface area contributed by atoms with Crippen molar-refractivity contribution in [3.05, 3.63) is 35.9 Å². The topological polar surface area (TPSA) is 137 Å². The molecule has 3 aliphatic rings. The molecule has 196 valence electrons. The Morgan fingerprint density at radius 2 is 2.05 bits per heavy atom. The normalized spacial score (nSPS) is 24.3. The number of hydrogen-bond donors (Lipinski definition) is 2. The number of piperidine rings is 1. The van der Waals surface area contributed by atoms with E-state index in [1.165, 1.54) is 18.7 Å². The average Bonchev–Trinajstić information content (AvgIpc) is 3.59. The molecule has 2 atom stereocenters. The van der Waals surface area contributed by atoms with Crippen LogP contribution in [0.2, 0.25) is 0 Å². The first kappa shape index (κ1) is 24.9. The number of aliphatic imine (C=N–C) groups is 2. The molecule has 1 aromatic carbocycles. The van der Waals surface area contributed by atoms with Gasteiger partial charge in [-0.3, -0.25) is 4.90 Å². The first-order chi connectivity index (χ1) is 17.8. The number of aromatic nitrogens is 2. The molecule has 0 radical (unpaired) electrons. The van der Waals surface area contributed by atoms with E-state index in [1.54, 1.807) is 12.1 Å². The van der Waals surface area contributed by atoms with E-state index in [9.17, 15) is 9.18 Å². The van der Waals surface area contributed by atoms with Crippen LogP contribution in [-0.2, 0) is 9.47 Å². The van der Waals surface area contributed by atoms with Crippen molar-refractivity contribution in [3.8, 4) is 5.88 Å². The number of halogens is 1. The summed E-state index contributed by atoms with van der Waals surface area (Å²) in [7, 11) is 0. The fraction of sp³-hybridized carbons (Fsp3) is 0.480. The Balaban J connectivity index is 1.26. The molecule has 1 amide bonds. The Bertz CT molecular complexity index is 1210. The van der Waals surface area contributed by atoms with Crippen LogP contribution >= 0.6 is 0 Å². The number of nitrogens with zero attached hydrogens (tertiary/aromatic N) is 5. The Morgan fingerprint density at radius 1 is 1.30 bits per heavy atom. The minimum atomic E-state index is -0.501. The SMILES string of the molecule is Cc1c(Nc2ccc(N=CN=CN)cc2F)ncnc1OC1CC2COCC(C1)N2C(=O)OC1(C)CC1. The molecule has 0 spiro atoms. The van der Waals surface area contributed by atoms with Gasteiger partial charge in [0.05, 0.1) is 48.6 Å². The summed E-state index contributed by atoms with van der Waals surface area (Å²) in [6.07, 6.45) is 6.27. The highest BCUT2D eigenvalue weighted by molar-refractivity contribution is 5.73. The lowest BCUT2D eigenvalue weighted by molar-refractivity contribution is -0.0956. The minimum absolute atomic E-state index is 0.127. The Hall–Kier alpha value is -3.80. The monoisotopic (exact) mass is 511 g/mol. The van der Waals surface area contributed by atoms with Gasteiger partial charge in [0.25, 0.3) is 0 Å². The van der Waals surface area contributed by atoms with Crippen LogP contribution in [0.3, 0.4) is 0 Å². The van der Waals surface area contributed by atoms with Crippen LogP contribution in [-0.4, -0.2) is 70.6 Å². The Kier molecular flexibility index (Phi) is 6.92. The van der Waals surface area contributed by atoms with Crippen molar-refractivity contribution >= 4 is 36.0 Å². The largest absolute Gasteiger partial charge is 0.474 e. The first-order valence-electron chi connectivity index (χ1n) is 12.2. The lowest BCUT2D eigenvalue weighted by Gasteiger charge is -2.47. The second-order valence-electron chi connectivity index (χ2n) is 9.77. The number of nitrogens with two attached hydrogens (primary N) is 1. The number of hydrogen-bond acceptors (Lipinski definition) is 8. The van der Waals surface area contributed by atoms with Gasteiger partial charge in [-0.1, -0.05) is 0 Å². The second kappa shape index (κ2) is 10.3. The quantitative estimate of drug-likeness (QED) is 0.425. The van der Waals surface area contributed by atoms with Gasteiger partial charge >= 0.3 is 6.09 Å². The number of amides is 1. The smallest absolute Gasteiger partial charge is 0.410 e. The lowest BCUT2D eigenvalue weighted by atomic mass is 9.92. The molecule has 2 aromatic rings. The number of ether oxygens (including phenoxy) is 3. The van der Waals surface area contributed by atoms with E-state index >= 15 is 0 Å². The molecule has 2 unspecified atom stereocenters. The van der Waals surface area contributed by atoms with E-state index in [4.69, 9.17) is 19.9 Å². The highest BCUT2D eigenvalue weighted by Gasteiger charge is 2.48. The standard InChI is InChI=1S/C25H30FN7O4/c1-15-22(32-21-4-3-16(7-20(21)26)29-13-28-12-27)30-14-31-23(15)36-19-8-17-10-35-11-18(9-19)33(17)24(34)37-25(2)5-6-25/h3-4,7,12-14,17-19H,5-6,8-11H2,1-2H3,(H2,27,28,29)(H,30,31,32). The molecule has 5 rings (SSSR count). The summed E-state index contributed by atoms with van der Waals surface area (Å²) in [5, 5.41) is 3.01. The van der Waals surface area contributed by atoms with E-state index in [-0.39, 0.29) is 35.6 Å². The molecule has 1 aromatic heterocycles. The van der Waals surface area contributed by atoms with Crippen molar-refractivity contribution < 1.29 is 23.4 Å². The van der Waals surface area contributed by atoms with E-state index in [2.05, 4.69) is 25.3 Å². The number of carbonyl (C=O) groups is 1. The van der Waals surface area contributed by atoms with Crippen molar-refractivity contribution in [2.45, 2.75) is 63.3 Å². The summed E-state index contributed by atoms with van der Waals surface area (Å²) in [6.45, 7) is 4.65. The van der Waals surface area contributed by atoms with Crippen LogP contribution in [0.1, 0.15) is 38.2 Å². The van der Waals surface area contributed by atoms with Gasteiger partial charge in [-0.05, 0) is 38.8 Å². The Labute approximate surface area is 213 Å². The lowest BCUT2D eigenvalue weighted by Crippen LogP contribution is -2.61. The molecule has 3 N–H and O–H groups in total. The predicted octanol–water partition coefficient (Wildman–Crippen LogP) is 3.61. The van der Waals surface area contributed by atoms with E-state index in [1.807, 2.05) is 18.7 Å². The zero-order valence-electron chi connectivity index (χ0n) is 20.8. The van der Waals surface area contributed by atoms with Crippen LogP contribution in [0, 0.1) is 12.7 Å². The molecule has 1 saturated carbocycles. The van der Waals surface area contributed by atoms with Gasteiger partial charge < -0.3 is 25.3 Å². The Morgan fingerprint density at radius 3 is 2.73 bits per heavy atom. The highest BCUT2D eigenvalue weighted by Crippen LogP contribution is 2.41. The van der Waals surface area contributed by atoms with E-state index in [0.29, 0.717) is 49.0 Å². The van der Waals surface area contributed by atoms with Gasteiger partial charge in [-0.2, -0.15) is 0 Å². The molecule has 1 aliphatic carbocycles. The van der Waals surface area contributed by atoms with Crippen LogP contribution in [0.5, 0.6) is 5.88 Å². The van der Waals surface area contributed by atoms with Crippen LogP contribution in [0.15, 0.2) is 34.5 Å². The fourth-order valence-corrected chi connectivity index (χ4v) is 4.59. The average molecular weight is 512 g/mol. The van der Waals surface area contributed by atoms with Gasteiger partial charge in [-0.15, -0.1) is 0 Å². The molecule has 11 nitrogen and oxygen atoms in total. The van der Waals surface area contributed by atoms with Crippen molar-refractivity contribution in [1.29, 1.82) is 0 Å². The number of carbonyl (C=O) groups excluding carboxylic acids is 1.